The third-order valence-electron chi connectivity index (χ3n) is 2.10. The zero-order valence-electron chi connectivity index (χ0n) is 9.41. The molecule has 1 unspecified atom stereocenters. The number of rotatable bonds is 5. The Labute approximate surface area is 103 Å². The highest BCUT2D eigenvalue weighted by atomic mass is 16.4. The molecule has 1 atom stereocenters. The van der Waals surface area contributed by atoms with E-state index in [2.05, 4.69) is 5.32 Å². The molecular weight excluding hydrogens is 238 g/mol. The Morgan fingerprint density at radius 2 is 2.06 bits per heavy atom. The van der Waals surface area contributed by atoms with Gasteiger partial charge < -0.3 is 20.6 Å². The molecule has 6 nitrogen and oxygen atoms in total. The molecule has 0 aliphatic carbocycles. The molecule has 1 aromatic carbocycles. The van der Waals surface area contributed by atoms with Gasteiger partial charge in [-0.3, -0.25) is 4.79 Å². The average Bonchev–Trinajstić information content (AvgIpc) is 2.33. The number of carbonyl (C=O) groups is 2. The van der Waals surface area contributed by atoms with Gasteiger partial charge in [0.25, 0.3) is 0 Å². The Balaban J connectivity index is 2.49. The Morgan fingerprint density at radius 3 is 2.67 bits per heavy atom. The van der Waals surface area contributed by atoms with E-state index in [1.165, 1.54) is 12.1 Å². The average molecular weight is 251 g/mol. The lowest BCUT2D eigenvalue weighted by Crippen LogP contribution is -2.26. The molecule has 0 aromatic heterocycles. The van der Waals surface area contributed by atoms with Crippen LogP contribution in [0.4, 0.5) is 0 Å². The normalized spacial score (nSPS) is 12.3. The summed E-state index contributed by atoms with van der Waals surface area (Å²) in [5.74, 6) is -1.82. The Bertz CT molecular complexity index is 469. The van der Waals surface area contributed by atoms with E-state index in [1.54, 1.807) is 12.1 Å². The third-order valence-corrected chi connectivity index (χ3v) is 2.10. The van der Waals surface area contributed by atoms with Crippen molar-refractivity contribution in [1.82, 2.24) is 5.32 Å². The van der Waals surface area contributed by atoms with Crippen LogP contribution in [-0.4, -0.2) is 33.7 Å². The van der Waals surface area contributed by atoms with Crippen molar-refractivity contribution in [2.24, 2.45) is 0 Å². The number of carbonyl (C=O) groups excluding carboxylic acids is 1. The molecule has 0 radical (unpaired) electrons. The first-order chi connectivity index (χ1) is 8.49. The second kappa shape index (κ2) is 6.41. The summed E-state index contributed by atoms with van der Waals surface area (Å²) in [7, 11) is 0. The van der Waals surface area contributed by atoms with Gasteiger partial charge in [0, 0.05) is 18.7 Å². The molecule has 1 aromatic rings. The molecule has 0 saturated heterocycles. The Hall–Kier alpha value is -2.34. The van der Waals surface area contributed by atoms with Gasteiger partial charge in [-0.1, -0.05) is 12.1 Å². The maximum Gasteiger partial charge on any atom is 0.328 e. The highest BCUT2D eigenvalue weighted by Crippen LogP contribution is 2.17. The van der Waals surface area contributed by atoms with E-state index in [-0.39, 0.29) is 12.3 Å². The Morgan fingerprint density at radius 1 is 1.33 bits per heavy atom. The van der Waals surface area contributed by atoms with E-state index in [4.69, 9.17) is 5.11 Å². The highest BCUT2D eigenvalue weighted by molar-refractivity contribution is 5.93. The monoisotopic (exact) mass is 251 g/mol. The van der Waals surface area contributed by atoms with E-state index in [0.29, 0.717) is 11.6 Å². The van der Waals surface area contributed by atoms with E-state index in [1.807, 2.05) is 0 Å². The number of benzene rings is 1. The fourth-order valence-corrected chi connectivity index (χ4v) is 1.25. The van der Waals surface area contributed by atoms with Crippen molar-refractivity contribution in [3.05, 3.63) is 42.0 Å². The lowest BCUT2D eigenvalue weighted by molar-refractivity contribution is -0.131. The summed E-state index contributed by atoms with van der Waals surface area (Å²) >= 11 is 0. The molecule has 0 aliphatic heterocycles. The molecular formula is C12H13NO5. The third kappa shape index (κ3) is 4.67. The van der Waals surface area contributed by atoms with Gasteiger partial charge >= 0.3 is 5.97 Å². The number of phenolic OH excluding ortho intramolecular Hbond substituents is 1. The molecule has 0 fully saturated rings. The molecule has 18 heavy (non-hydrogen) atoms. The number of aliphatic hydroxyl groups is 1. The first-order valence-electron chi connectivity index (χ1n) is 5.15. The first-order valence-corrected chi connectivity index (χ1v) is 5.15. The van der Waals surface area contributed by atoms with Crippen molar-refractivity contribution in [3.63, 3.8) is 0 Å². The SMILES string of the molecule is O=C(O)/C=C\C(=O)NCC(O)c1cccc(O)c1. The molecule has 0 heterocycles. The Kier molecular flexibility index (Phi) is 4.89. The van der Waals surface area contributed by atoms with Crippen molar-refractivity contribution in [2.45, 2.75) is 6.10 Å². The van der Waals surface area contributed by atoms with Crippen LogP contribution in [0.2, 0.25) is 0 Å². The summed E-state index contributed by atoms with van der Waals surface area (Å²) < 4.78 is 0. The second-order valence-corrected chi connectivity index (χ2v) is 3.53. The van der Waals surface area contributed by atoms with Gasteiger partial charge in [-0.15, -0.1) is 0 Å². The van der Waals surface area contributed by atoms with E-state index in [9.17, 15) is 19.8 Å². The van der Waals surface area contributed by atoms with Crippen LogP contribution >= 0.6 is 0 Å². The maximum absolute atomic E-state index is 11.1. The number of amides is 1. The van der Waals surface area contributed by atoms with Gasteiger partial charge in [0.1, 0.15) is 5.75 Å². The van der Waals surface area contributed by atoms with Gasteiger partial charge in [-0.2, -0.15) is 0 Å². The van der Waals surface area contributed by atoms with Crippen LogP contribution in [-0.2, 0) is 9.59 Å². The van der Waals surface area contributed by atoms with Crippen molar-refractivity contribution in [1.29, 1.82) is 0 Å². The second-order valence-electron chi connectivity index (χ2n) is 3.53. The van der Waals surface area contributed by atoms with Crippen LogP contribution in [0.25, 0.3) is 0 Å². The highest BCUT2D eigenvalue weighted by Gasteiger charge is 2.08. The van der Waals surface area contributed by atoms with Crippen LogP contribution in [0.3, 0.4) is 0 Å². The van der Waals surface area contributed by atoms with E-state index in [0.717, 1.165) is 6.08 Å². The minimum atomic E-state index is -1.22. The summed E-state index contributed by atoms with van der Waals surface area (Å²) in [6.45, 7) is -0.0771. The predicted octanol–water partition coefficient (Wildman–Crippen LogP) is 0.183. The number of phenols is 1. The smallest absolute Gasteiger partial charge is 0.328 e. The number of hydrogen-bond acceptors (Lipinski definition) is 4. The molecule has 0 bridgehead atoms. The van der Waals surface area contributed by atoms with Gasteiger partial charge in [0.2, 0.25) is 5.91 Å². The zero-order valence-corrected chi connectivity index (χ0v) is 9.41. The van der Waals surface area contributed by atoms with Gasteiger partial charge in [-0.25, -0.2) is 4.79 Å². The van der Waals surface area contributed by atoms with Gasteiger partial charge in [0.15, 0.2) is 0 Å². The number of aromatic hydroxyl groups is 1. The molecule has 0 spiro atoms. The zero-order chi connectivity index (χ0) is 13.5. The minimum Gasteiger partial charge on any atom is -0.508 e. The van der Waals surface area contributed by atoms with Crippen molar-refractivity contribution in [3.8, 4) is 5.75 Å². The fraction of sp³-hybridized carbons (Fsp3) is 0.167. The molecule has 0 aliphatic rings. The number of hydrogen-bond donors (Lipinski definition) is 4. The lowest BCUT2D eigenvalue weighted by atomic mass is 10.1. The van der Waals surface area contributed by atoms with E-state index < -0.39 is 18.0 Å². The number of carboxylic acids is 1. The standard InChI is InChI=1S/C12H13NO5/c14-9-3-1-2-8(6-9)10(15)7-13-11(16)4-5-12(17)18/h1-6,10,14-15H,7H2,(H,13,16)(H,17,18)/b5-4-. The summed E-state index contributed by atoms with van der Waals surface area (Å²) in [5, 5.41) is 29.6. The summed E-state index contributed by atoms with van der Waals surface area (Å²) in [5.41, 5.74) is 0.456. The molecule has 0 saturated carbocycles. The van der Waals surface area contributed by atoms with Crippen molar-refractivity contribution < 1.29 is 24.9 Å². The van der Waals surface area contributed by atoms with Crippen molar-refractivity contribution in [2.75, 3.05) is 6.54 Å². The summed E-state index contributed by atoms with van der Waals surface area (Å²) in [4.78, 5) is 21.3. The van der Waals surface area contributed by atoms with Gasteiger partial charge in [-0.05, 0) is 17.7 Å². The first kappa shape index (κ1) is 13.7. The molecule has 1 amide bonds. The fourth-order valence-electron chi connectivity index (χ4n) is 1.25. The van der Waals surface area contributed by atoms with Crippen LogP contribution in [0, 0.1) is 0 Å². The molecule has 6 heteroatoms. The maximum atomic E-state index is 11.1. The molecule has 1 rings (SSSR count). The predicted molar refractivity (Wildman–Crippen MR) is 62.9 cm³/mol. The quantitative estimate of drug-likeness (QED) is 0.558. The van der Waals surface area contributed by atoms with Crippen LogP contribution < -0.4 is 5.32 Å². The van der Waals surface area contributed by atoms with Crippen molar-refractivity contribution >= 4 is 11.9 Å². The molecule has 4 N–H and O–H groups in total. The van der Waals surface area contributed by atoms with Crippen LogP contribution in [0.1, 0.15) is 11.7 Å². The van der Waals surface area contributed by atoms with E-state index >= 15 is 0 Å². The minimum absolute atomic E-state index is 0.0173. The number of aliphatic carboxylic acids is 1. The van der Waals surface area contributed by atoms with Gasteiger partial charge in [0.05, 0.1) is 6.10 Å². The topological polar surface area (TPSA) is 107 Å². The number of nitrogens with one attached hydrogen (secondary N) is 1. The molecule has 96 valence electrons. The lowest BCUT2D eigenvalue weighted by Gasteiger charge is -2.11. The number of aliphatic hydroxyl groups excluding tert-OH is 1. The summed E-state index contributed by atoms with van der Waals surface area (Å²) in [6.07, 6.45) is 0.590. The number of carboxylic acid groups (broad SMARTS) is 1. The largest absolute Gasteiger partial charge is 0.508 e. The van der Waals surface area contributed by atoms with Crippen LogP contribution in [0.5, 0.6) is 5.75 Å². The summed E-state index contributed by atoms with van der Waals surface area (Å²) in [6, 6.07) is 6.01. The van der Waals surface area contributed by atoms with Crippen LogP contribution in [0.15, 0.2) is 36.4 Å².